The molecule has 0 atom stereocenters. The summed E-state index contributed by atoms with van der Waals surface area (Å²) in [5, 5.41) is 11.0. The maximum atomic E-state index is 11.9. The molecule has 0 bridgehead atoms. The fraction of sp³-hybridized carbons (Fsp3) is 0.385. The van der Waals surface area contributed by atoms with Crippen molar-refractivity contribution in [1.29, 1.82) is 0 Å². The highest BCUT2D eigenvalue weighted by Crippen LogP contribution is 2.06. The van der Waals surface area contributed by atoms with Gasteiger partial charge in [0.15, 0.2) is 0 Å². The van der Waals surface area contributed by atoms with Crippen molar-refractivity contribution in [2.24, 2.45) is 0 Å². The first-order valence-electron chi connectivity index (χ1n) is 6.58. The average Bonchev–Trinajstić information content (AvgIpc) is 2.49. The zero-order chi connectivity index (χ0) is 16.6. The number of hydrogen-bond donors (Lipinski definition) is 3. The molecule has 3 N–H and O–H groups in total. The van der Waals surface area contributed by atoms with E-state index in [1.165, 1.54) is 24.1 Å². The van der Waals surface area contributed by atoms with Crippen molar-refractivity contribution in [3.8, 4) is 0 Å². The maximum absolute atomic E-state index is 11.9. The first-order valence-corrected chi connectivity index (χ1v) is 8.06. The number of nitrogens with zero attached hydrogens (tertiary/aromatic N) is 1. The molecule has 22 heavy (non-hydrogen) atoms. The Hall–Kier alpha value is -2.13. The van der Waals surface area contributed by atoms with Gasteiger partial charge in [-0.25, -0.2) is 17.9 Å². The Morgan fingerprint density at radius 2 is 1.82 bits per heavy atom. The summed E-state index contributed by atoms with van der Waals surface area (Å²) in [7, 11) is -2.13. The summed E-state index contributed by atoms with van der Waals surface area (Å²) in [5.74, 6) is -0.990. The van der Waals surface area contributed by atoms with Crippen LogP contribution in [-0.4, -0.2) is 57.1 Å². The van der Waals surface area contributed by atoms with E-state index in [1.807, 2.05) is 0 Å². The topological polar surface area (TPSA) is 116 Å². The number of sulfonamides is 1. The van der Waals surface area contributed by atoms with Crippen molar-refractivity contribution in [3.63, 3.8) is 0 Å². The van der Waals surface area contributed by atoms with E-state index in [4.69, 9.17) is 5.11 Å². The van der Waals surface area contributed by atoms with Crippen LogP contribution in [0, 0.1) is 0 Å². The van der Waals surface area contributed by atoms with Crippen molar-refractivity contribution < 1.29 is 23.1 Å². The van der Waals surface area contributed by atoms with E-state index < -0.39 is 22.0 Å². The fourth-order valence-corrected chi connectivity index (χ4v) is 2.59. The largest absolute Gasteiger partial charge is 0.481 e. The lowest BCUT2D eigenvalue weighted by Crippen LogP contribution is -2.41. The lowest BCUT2D eigenvalue weighted by molar-refractivity contribution is -0.137. The van der Waals surface area contributed by atoms with E-state index in [-0.39, 0.29) is 31.0 Å². The number of urea groups is 1. The molecule has 0 aliphatic rings. The van der Waals surface area contributed by atoms with Gasteiger partial charge in [-0.05, 0) is 12.1 Å². The van der Waals surface area contributed by atoms with Gasteiger partial charge in [-0.1, -0.05) is 18.2 Å². The lowest BCUT2D eigenvalue weighted by atomic mass is 10.4. The van der Waals surface area contributed by atoms with E-state index in [0.717, 1.165) is 0 Å². The summed E-state index contributed by atoms with van der Waals surface area (Å²) in [6, 6.07) is 7.44. The molecular formula is C13H19N3O5S. The smallest absolute Gasteiger partial charge is 0.317 e. The highest BCUT2D eigenvalue weighted by Gasteiger charge is 2.13. The second-order valence-corrected chi connectivity index (χ2v) is 6.28. The second kappa shape index (κ2) is 8.35. The van der Waals surface area contributed by atoms with Crippen LogP contribution in [0.4, 0.5) is 4.79 Å². The number of amides is 2. The van der Waals surface area contributed by atoms with Gasteiger partial charge in [0, 0.05) is 26.7 Å². The molecule has 0 saturated carbocycles. The van der Waals surface area contributed by atoms with Crippen molar-refractivity contribution in [3.05, 3.63) is 30.3 Å². The van der Waals surface area contributed by atoms with Gasteiger partial charge in [0.1, 0.15) is 0 Å². The highest BCUT2D eigenvalue weighted by atomic mass is 32.2. The third-order valence-electron chi connectivity index (χ3n) is 2.75. The molecule has 0 heterocycles. The lowest BCUT2D eigenvalue weighted by Gasteiger charge is -2.17. The number of hydrogen-bond acceptors (Lipinski definition) is 4. The third kappa shape index (κ3) is 6.10. The SMILES string of the molecule is CN(CCC(=O)O)C(=O)NCCNS(=O)(=O)c1ccccc1. The quantitative estimate of drug-likeness (QED) is 0.584. The van der Waals surface area contributed by atoms with Crippen LogP contribution in [0.15, 0.2) is 35.2 Å². The summed E-state index contributed by atoms with van der Waals surface area (Å²) in [6.45, 7) is 0.217. The molecule has 0 spiro atoms. The summed E-state index contributed by atoms with van der Waals surface area (Å²) in [5.41, 5.74) is 0. The number of carboxylic acid groups (broad SMARTS) is 1. The van der Waals surface area contributed by atoms with Gasteiger partial charge in [-0.15, -0.1) is 0 Å². The van der Waals surface area contributed by atoms with Gasteiger partial charge in [0.05, 0.1) is 11.3 Å². The molecular weight excluding hydrogens is 310 g/mol. The van der Waals surface area contributed by atoms with Crippen LogP contribution in [-0.2, 0) is 14.8 Å². The van der Waals surface area contributed by atoms with E-state index in [9.17, 15) is 18.0 Å². The van der Waals surface area contributed by atoms with Crippen LogP contribution in [0.25, 0.3) is 0 Å². The average molecular weight is 329 g/mol. The van der Waals surface area contributed by atoms with Gasteiger partial charge in [0.25, 0.3) is 0 Å². The Bertz CT molecular complexity index is 603. The molecule has 0 aromatic heterocycles. The van der Waals surface area contributed by atoms with Crippen LogP contribution < -0.4 is 10.0 Å². The molecule has 0 aliphatic carbocycles. The first kappa shape index (κ1) is 17.9. The van der Waals surface area contributed by atoms with Gasteiger partial charge in [0.2, 0.25) is 10.0 Å². The molecule has 0 aliphatic heterocycles. The van der Waals surface area contributed by atoms with E-state index in [2.05, 4.69) is 10.0 Å². The fourth-order valence-electron chi connectivity index (χ4n) is 1.54. The predicted molar refractivity (Wildman–Crippen MR) is 79.9 cm³/mol. The molecule has 122 valence electrons. The summed E-state index contributed by atoms with van der Waals surface area (Å²) < 4.78 is 26.1. The molecule has 8 nitrogen and oxygen atoms in total. The Balaban J connectivity index is 2.33. The second-order valence-electron chi connectivity index (χ2n) is 4.51. The highest BCUT2D eigenvalue weighted by molar-refractivity contribution is 7.89. The van der Waals surface area contributed by atoms with Crippen molar-refractivity contribution >= 4 is 22.0 Å². The molecule has 0 fully saturated rings. The molecule has 2 amide bonds. The predicted octanol–water partition coefficient (Wildman–Crippen LogP) is 0.0810. The van der Waals surface area contributed by atoms with Crippen LogP contribution in [0.3, 0.4) is 0 Å². The molecule has 0 radical (unpaired) electrons. The van der Waals surface area contributed by atoms with Gasteiger partial charge < -0.3 is 15.3 Å². The number of benzene rings is 1. The van der Waals surface area contributed by atoms with Crippen molar-refractivity contribution in [2.75, 3.05) is 26.7 Å². The Labute approximate surface area is 129 Å². The van der Waals surface area contributed by atoms with Crippen molar-refractivity contribution in [2.45, 2.75) is 11.3 Å². The standard InChI is InChI=1S/C13H19N3O5S/c1-16(10-7-12(17)18)13(19)14-8-9-15-22(20,21)11-5-3-2-4-6-11/h2-6,15H,7-10H2,1H3,(H,14,19)(H,17,18). The number of carboxylic acids is 1. The van der Waals surface area contributed by atoms with Crippen LogP contribution in [0.5, 0.6) is 0 Å². The molecule has 1 rings (SSSR count). The first-order chi connectivity index (χ1) is 10.3. The molecule has 0 saturated heterocycles. The summed E-state index contributed by atoms with van der Waals surface area (Å²) >= 11 is 0. The Morgan fingerprint density at radius 1 is 1.18 bits per heavy atom. The molecule has 1 aromatic rings. The molecule has 1 aromatic carbocycles. The summed E-state index contributed by atoms with van der Waals surface area (Å²) in [4.78, 5) is 23.4. The monoisotopic (exact) mass is 329 g/mol. The van der Waals surface area contributed by atoms with Crippen LogP contribution in [0.1, 0.15) is 6.42 Å². The number of aliphatic carboxylic acids is 1. The number of nitrogens with one attached hydrogen (secondary N) is 2. The zero-order valence-electron chi connectivity index (χ0n) is 12.2. The minimum absolute atomic E-state index is 0.0374. The number of carbonyl (C=O) groups is 2. The van der Waals surface area contributed by atoms with Gasteiger partial charge >= 0.3 is 12.0 Å². The Kier molecular flexibility index (Phi) is 6.80. The molecule has 9 heteroatoms. The number of carbonyl (C=O) groups excluding carboxylic acids is 1. The van der Waals surface area contributed by atoms with E-state index in [0.29, 0.717) is 0 Å². The van der Waals surface area contributed by atoms with Gasteiger partial charge in [-0.3, -0.25) is 4.79 Å². The Morgan fingerprint density at radius 3 is 2.41 bits per heavy atom. The van der Waals surface area contributed by atoms with E-state index in [1.54, 1.807) is 18.2 Å². The number of rotatable bonds is 8. The normalized spacial score (nSPS) is 11.0. The van der Waals surface area contributed by atoms with Crippen LogP contribution in [0.2, 0.25) is 0 Å². The summed E-state index contributed by atoms with van der Waals surface area (Å²) in [6.07, 6.45) is -0.148. The van der Waals surface area contributed by atoms with Crippen molar-refractivity contribution in [1.82, 2.24) is 14.9 Å². The maximum Gasteiger partial charge on any atom is 0.317 e. The zero-order valence-corrected chi connectivity index (χ0v) is 13.0. The van der Waals surface area contributed by atoms with E-state index >= 15 is 0 Å². The third-order valence-corrected chi connectivity index (χ3v) is 4.23. The van der Waals surface area contributed by atoms with Crippen LogP contribution >= 0.6 is 0 Å². The minimum Gasteiger partial charge on any atom is -0.481 e. The molecule has 0 unspecified atom stereocenters. The van der Waals surface area contributed by atoms with Gasteiger partial charge in [-0.2, -0.15) is 0 Å². The minimum atomic E-state index is -3.59.